The van der Waals surface area contributed by atoms with E-state index >= 15 is 0 Å². The number of nitrogens with zero attached hydrogens (tertiary/aromatic N) is 3. The van der Waals surface area contributed by atoms with E-state index in [4.69, 9.17) is 17.0 Å². The van der Waals surface area contributed by atoms with Crippen LogP contribution in [0.4, 0.5) is 0 Å². The van der Waals surface area contributed by atoms with Gasteiger partial charge in [-0.1, -0.05) is 0 Å². The molecule has 3 aromatic rings. The molecule has 0 bridgehead atoms. The first-order valence-corrected chi connectivity index (χ1v) is 7.96. The molecule has 3 rings (SSSR count). The summed E-state index contributed by atoms with van der Waals surface area (Å²) in [6.45, 7) is 2.52. The number of nitrogens with one attached hydrogen (secondary N) is 1. The maximum atomic E-state index is 9.54. The Kier molecular flexibility index (Phi) is 4.80. The standard InChI is InChI=1S/C17H16N4O3S/c1-2-24-13-6-4-12(5-7-13)16-19-20-17(25)21(16)18-10-11-3-8-14(22)15(23)9-11/h3-10,22-23H,2H2,1H3,(H,20,25)/b18-10-. The zero-order chi connectivity index (χ0) is 17.8. The fraction of sp³-hybridized carbons (Fsp3) is 0.118. The lowest BCUT2D eigenvalue weighted by Gasteiger charge is -2.04. The van der Waals surface area contributed by atoms with Gasteiger partial charge in [0, 0.05) is 5.56 Å². The third kappa shape index (κ3) is 3.69. The predicted molar refractivity (Wildman–Crippen MR) is 96.8 cm³/mol. The summed E-state index contributed by atoms with van der Waals surface area (Å²) in [5.41, 5.74) is 1.43. The quantitative estimate of drug-likeness (QED) is 0.370. The van der Waals surface area contributed by atoms with E-state index in [1.54, 1.807) is 6.07 Å². The molecule has 0 fully saturated rings. The van der Waals surface area contributed by atoms with Crippen molar-refractivity contribution in [3.05, 3.63) is 52.8 Å². The maximum absolute atomic E-state index is 9.54. The molecule has 1 heterocycles. The normalized spacial score (nSPS) is 11.1. The van der Waals surface area contributed by atoms with Crippen molar-refractivity contribution in [2.45, 2.75) is 6.92 Å². The number of benzene rings is 2. The monoisotopic (exact) mass is 356 g/mol. The lowest BCUT2D eigenvalue weighted by atomic mass is 10.2. The second-order valence-corrected chi connectivity index (χ2v) is 5.50. The summed E-state index contributed by atoms with van der Waals surface area (Å²) in [5, 5.41) is 30.1. The lowest BCUT2D eigenvalue weighted by molar-refractivity contribution is 0.340. The Labute approximate surface area is 148 Å². The van der Waals surface area contributed by atoms with Crippen molar-refractivity contribution >= 4 is 18.4 Å². The molecular weight excluding hydrogens is 340 g/mol. The van der Waals surface area contributed by atoms with Crippen molar-refractivity contribution in [2.24, 2.45) is 5.10 Å². The average Bonchev–Trinajstić information content (AvgIpc) is 2.98. The molecule has 1 aromatic heterocycles. The van der Waals surface area contributed by atoms with E-state index in [-0.39, 0.29) is 11.5 Å². The van der Waals surface area contributed by atoms with Crippen LogP contribution in [-0.4, -0.2) is 37.9 Å². The summed E-state index contributed by atoms with van der Waals surface area (Å²) in [7, 11) is 0. The van der Waals surface area contributed by atoms with Crippen LogP contribution in [-0.2, 0) is 0 Å². The Morgan fingerprint density at radius 1 is 1.20 bits per heavy atom. The highest BCUT2D eigenvalue weighted by Crippen LogP contribution is 2.24. The Bertz CT molecular complexity index is 961. The Morgan fingerprint density at radius 3 is 2.64 bits per heavy atom. The number of aromatic nitrogens is 3. The molecule has 128 valence electrons. The fourth-order valence-corrected chi connectivity index (χ4v) is 2.38. The van der Waals surface area contributed by atoms with Gasteiger partial charge in [0.05, 0.1) is 12.8 Å². The minimum absolute atomic E-state index is 0.188. The number of ether oxygens (including phenoxy) is 1. The number of phenols is 2. The number of phenolic OH excluding ortho intramolecular Hbond substituents is 2. The molecule has 0 radical (unpaired) electrons. The van der Waals surface area contributed by atoms with Crippen LogP contribution in [0.1, 0.15) is 12.5 Å². The smallest absolute Gasteiger partial charge is 0.216 e. The predicted octanol–water partition coefficient (Wildman–Crippen LogP) is 3.30. The molecule has 0 saturated heterocycles. The van der Waals surface area contributed by atoms with Gasteiger partial charge in [0.1, 0.15) is 5.75 Å². The summed E-state index contributed by atoms with van der Waals surface area (Å²) >= 11 is 5.22. The Hall–Kier alpha value is -3.13. The van der Waals surface area contributed by atoms with Crippen LogP contribution in [0.2, 0.25) is 0 Å². The summed E-state index contributed by atoms with van der Waals surface area (Å²) in [4.78, 5) is 0. The van der Waals surface area contributed by atoms with Crippen molar-refractivity contribution < 1.29 is 14.9 Å². The first kappa shape index (κ1) is 16.7. The summed E-state index contributed by atoms with van der Waals surface area (Å²) in [6, 6.07) is 11.9. The minimum Gasteiger partial charge on any atom is -0.504 e. The highest BCUT2D eigenvalue weighted by Gasteiger charge is 2.08. The van der Waals surface area contributed by atoms with Gasteiger partial charge in [-0.25, -0.2) is 5.10 Å². The van der Waals surface area contributed by atoms with Crippen LogP contribution in [0.25, 0.3) is 11.4 Å². The van der Waals surface area contributed by atoms with Crippen molar-refractivity contribution in [1.82, 2.24) is 14.9 Å². The van der Waals surface area contributed by atoms with Gasteiger partial charge in [0.15, 0.2) is 17.3 Å². The summed E-state index contributed by atoms with van der Waals surface area (Å²) in [5.74, 6) is 0.918. The van der Waals surface area contributed by atoms with Gasteiger partial charge in [-0.2, -0.15) is 14.9 Å². The number of aromatic hydroxyl groups is 2. The molecule has 0 aliphatic carbocycles. The van der Waals surface area contributed by atoms with Crippen LogP contribution in [0, 0.1) is 4.77 Å². The third-order valence-corrected chi connectivity index (χ3v) is 3.66. The van der Waals surface area contributed by atoms with Crippen molar-refractivity contribution in [3.8, 4) is 28.6 Å². The van der Waals surface area contributed by atoms with E-state index in [9.17, 15) is 10.2 Å². The fourth-order valence-electron chi connectivity index (χ4n) is 2.20. The van der Waals surface area contributed by atoms with E-state index in [1.165, 1.54) is 23.0 Å². The van der Waals surface area contributed by atoms with Gasteiger partial charge in [0.2, 0.25) is 4.77 Å². The molecule has 7 nitrogen and oxygen atoms in total. The molecule has 2 aromatic carbocycles. The first-order valence-electron chi connectivity index (χ1n) is 7.55. The lowest BCUT2D eigenvalue weighted by Crippen LogP contribution is -1.96. The van der Waals surface area contributed by atoms with E-state index < -0.39 is 0 Å². The number of aromatic amines is 1. The molecule has 0 spiro atoms. The van der Waals surface area contributed by atoms with Crippen LogP contribution in [0.5, 0.6) is 17.2 Å². The zero-order valence-corrected chi connectivity index (χ0v) is 14.2. The van der Waals surface area contributed by atoms with Gasteiger partial charge in [0.25, 0.3) is 0 Å². The topological polar surface area (TPSA) is 95.7 Å². The van der Waals surface area contributed by atoms with Crippen LogP contribution in [0.3, 0.4) is 0 Å². The van der Waals surface area contributed by atoms with Crippen molar-refractivity contribution in [3.63, 3.8) is 0 Å². The summed E-state index contributed by atoms with van der Waals surface area (Å²) in [6.07, 6.45) is 1.52. The zero-order valence-electron chi connectivity index (χ0n) is 13.4. The van der Waals surface area contributed by atoms with Gasteiger partial charge in [-0.05, 0) is 67.2 Å². The van der Waals surface area contributed by atoms with Crippen LogP contribution < -0.4 is 4.74 Å². The van der Waals surface area contributed by atoms with E-state index in [0.29, 0.717) is 22.8 Å². The molecule has 0 atom stereocenters. The van der Waals surface area contributed by atoms with Gasteiger partial charge < -0.3 is 14.9 Å². The van der Waals surface area contributed by atoms with Crippen molar-refractivity contribution in [1.29, 1.82) is 0 Å². The molecule has 0 saturated carbocycles. The molecular formula is C17H16N4O3S. The van der Waals surface area contributed by atoms with Gasteiger partial charge >= 0.3 is 0 Å². The van der Waals surface area contributed by atoms with Crippen LogP contribution >= 0.6 is 12.2 Å². The third-order valence-electron chi connectivity index (χ3n) is 3.40. The molecule has 8 heteroatoms. The van der Waals surface area contributed by atoms with E-state index in [2.05, 4.69) is 15.3 Å². The number of hydrogen-bond acceptors (Lipinski definition) is 6. The highest BCUT2D eigenvalue weighted by molar-refractivity contribution is 7.71. The molecule has 0 aliphatic heterocycles. The van der Waals surface area contributed by atoms with E-state index in [0.717, 1.165) is 11.3 Å². The maximum Gasteiger partial charge on any atom is 0.216 e. The summed E-state index contributed by atoms with van der Waals surface area (Å²) < 4.78 is 7.25. The molecule has 3 N–H and O–H groups in total. The largest absolute Gasteiger partial charge is 0.504 e. The van der Waals surface area contributed by atoms with Gasteiger partial charge in [-0.15, -0.1) is 0 Å². The molecule has 0 amide bonds. The number of rotatable bonds is 5. The van der Waals surface area contributed by atoms with Gasteiger partial charge in [-0.3, -0.25) is 0 Å². The SMILES string of the molecule is CCOc1ccc(-c2n[nH]c(=S)n2/N=C\c2ccc(O)c(O)c2)cc1. The number of hydrogen-bond donors (Lipinski definition) is 3. The second-order valence-electron chi connectivity index (χ2n) is 5.11. The second kappa shape index (κ2) is 7.18. The Balaban J connectivity index is 1.92. The van der Waals surface area contributed by atoms with Crippen molar-refractivity contribution in [2.75, 3.05) is 6.61 Å². The number of H-pyrrole nitrogens is 1. The molecule has 0 unspecified atom stereocenters. The minimum atomic E-state index is -0.216. The first-order chi connectivity index (χ1) is 12.1. The Morgan fingerprint density at radius 2 is 1.96 bits per heavy atom. The average molecular weight is 356 g/mol. The van der Waals surface area contributed by atoms with E-state index in [1.807, 2.05) is 31.2 Å². The molecule has 0 aliphatic rings. The van der Waals surface area contributed by atoms with Crippen LogP contribution in [0.15, 0.2) is 47.6 Å². The highest BCUT2D eigenvalue weighted by atomic mass is 32.1. The molecule has 25 heavy (non-hydrogen) atoms.